The van der Waals surface area contributed by atoms with Crippen molar-refractivity contribution >= 4 is 11.0 Å². The standard InChI is InChI=1S/C14H15N5O/c1-2-19-13(17-9-18-19)8-12(20)10-4-3-5-11-14(10)16-7-6-15-11/h3-7,9,12,20H,2,8H2,1H3. The van der Waals surface area contributed by atoms with Gasteiger partial charge in [-0.25, -0.2) is 4.98 Å². The van der Waals surface area contributed by atoms with E-state index >= 15 is 0 Å². The van der Waals surface area contributed by atoms with Gasteiger partial charge in [0.15, 0.2) is 0 Å². The molecule has 0 amide bonds. The normalized spacial score (nSPS) is 12.7. The topological polar surface area (TPSA) is 76.7 Å². The highest BCUT2D eigenvalue weighted by Gasteiger charge is 2.16. The van der Waals surface area contributed by atoms with Gasteiger partial charge < -0.3 is 5.11 Å². The summed E-state index contributed by atoms with van der Waals surface area (Å²) in [6.45, 7) is 2.73. The predicted molar refractivity (Wildman–Crippen MR) is 73.9 cm³/mol. The highest BCUT2D eigenvalue weighted by atomic mass is 16.3. The number of hydrogen-bond acceptors (Lipinski definition) is 5. The number of para-hydroxylation sites is 1. The number of benzene rings is 1. The summed E-state index contributed by atoms with van der Waals surface area (Å²) in [4.78, 5) is 12.7. The van der Waals surface area contributed by atoms with Crippen LogP contribution in [-0.2, 0) is 13.0 Å². The Morgan fingerprint density at radius 3 is 2.90 bits per heavy atom. The Morgan fingerprint density at radius 1 is 1.20 bits per heavy atom. The van der Waals surface area contributed by atoms with E-state index in [1.807, 2.05) is 25.1 Å². The van der Waals surface area contributed by atoms with Crippen LogP contribution >= 0.6 is 0 Å². The van der Waals surface area contributed by atoms with Gasteiger partial charge in [-0.2, -0.15) is 5.10 Å². The van der Waals surface area contributed by atoms with E-state index in [0.29, 0.717) is 6.42 Å². The molecule has 2 aromatic heterocycles. The van der Waals surface area contributed by atoms with E-state index in [1.165, 1.54) is 6.33 Å². The van der Waals surface area contributed by atoms with E-state index in [-0.39, 0.29) is 0 Å². The molecule has 0 bridgehead atoms. The molecule has 2 heterocycles. The van der Waals surface area contributed by atoms with Gasteiger partial charge in [-0.15, -0.1) is 0 Å². The molecule has 0 saturated carbocycles. The van der Waals surface area contributed by atoms with Crippen LogP contribution in [0.25, 0.3) is 11.0 Å². The molecule has 0 aliphatic carbocycles. The van der Waals surface area contributed by atoms with Crippen molar-refractivity contribution in [3.63, 3.8) is 0 Å². The molecule has 0 radical (unpaired) electrons. The van der Waals surface area contributed by atoms with Crippen molar-refractivity contribution in [2.45, 2.75) is 26.0 Å². The fourth-order valence-electron chi connectivity index (χ4n) is 2.28. The first-order chi connectivity index (χ1) is 9.79. The minimum absolute atomic E-state index is 0.406. The van der Waals surface area contributed by atoms with Gasteiger partial charge in [-0.3, -0.25) is 14.6 Å². The highest BCUT2D eigenvalue weighted by Crippen LogP contribution is 2.23. The van der Waals surface area contributed by atoms with Crippen molar-refractivity contribution in [3.8, 4) is 0 Å². The average Bonchev–Trinajstić information content (AvgIpc) is 2.93. The maximum absolute atomic E-state index is 10.5. The van der Waals surface area contributed by atoms with Crippen molar-refractivity contribution in [2.75, 3.05) is 0 Å². The molecule has 102 valence electrons. The molecule has 1 unspecified atom stereocenters. The number of fused-ring (bicyclic) bond motifs is 1. The van der Waals surface area contributed by atoms with Crippen molar-refractivity contribution in [1.29, 1.82) is 0 Å². The van der Waals surface area contributed by atoms with Crippen LogP contribution < -0.4 is 0 Å². The smallest absolute Gasteiger partial charge is 0.138 e. The minimum atomic E-state index is -0.676. The second-order valence-corrected chi connectivity index (χ2v) is 4.48. The van der Waals surface area contributed by atoms with Gasteiger partial charge >= 0.3 is 0 Å². The lowest BCUT2D eigenvalue weighted by atomic mass is 10.0. The Bertz CT molecular complexity index is 719. The molecule has 3 rings (SSSR count). The highest BCUT2D eigenvalue weighted by molar-refractivity contribution is 5.77. The molecule has 1 atom stereocenters. The molecule has 6 nitrogen and oxygen atoms in total. The third-order valence-electron chi connectivity index (χ3n) is 3.26. The van der Waals surface area contributed by atoms with Crippen LogP contribution in [0, 0.1) is 0 Å². The Balaban J connectivity index is 1.95. The van der Waals surface area contributed by atoms with Gasteiger partial charge in [0.2, 0.25) is 0 Å². The summed E-state index contributed by atoms with van der Waals surface area (Å²) in [5, 5.41) is 14.6. The minimum Gasteiger partial charge on any atom is -0.388 e. The van der Waals surface area contributed by atoms with Gasteiger partial charge in [-0.1, -0.05) is 12.1 Å². The van der Waals surface area contributed by atoms with Crippen LogP contribution in [0.1, 0.15) is 24.4 Å². The molecule has 0 saturated heterocycles. The fraction of sp³-hybridized carbons (Fsp3) is 0.286. The maximum atomic E-state index is 10.5. The number of aromatic nitrogens is 5. The Hall–Kier alpha value is -2.34. The molecular weight excluding hydrogens is 254 g/mol. The first-order valence-corrected chi connectivity index (χ1v) is 6.54. The Morgan fingerprint density at radius 2 is 2.05 bits per heavy atom. The van der Waals surface area contributed by atoms with Crippen molar-refractivity contribution < 1.29 is 5.11 Å². The van der Waals surface area contributed by atoms with Gasteiger partial charge in [0.1, 0.15) is 12.2 Å². The zero-order valence-corrected chi connectivity index (χ0v) is 11.1. The molecular formula is C14H15N5O. The molecule has 1 N–H and O–H groups in total. The Labute approximate surface area is 116 Å². The number of aliphatic hydroxyl groups excluding tert-OH is 1. The van der Waals surface area contributed by atoms with E-state index < -0.39 is 6.10 Å². The summed E-state index contributed by atoms with van der Waals surface area (Å²) in [6, 6.07) is 5.63. The lowest BCUT2D eigenvalue weighted by molar-refractivity contribution is 0.175. The summed E-state index contributed by atoms with van der Waals surface area (Å²) in [7, 11) is 0. The first-order valence-electron chi connectivity index (χ1n) is 6.54. The lowest BCUT2D eigenvalue weighted by Crippen LogP contribution is -2.10. The number of hydrogen-bond donors (Lipinski definition) is 1. The van der Waals surface area contributed by atoms with Crippen molar-refractivity contribution in [3.05, 3.63) is 48.3 Å². The summed E-state index contributed by atoms with van der Waals surface area (Å²) in [6.07, 6.45) is 4.52. The first kappa shape index (κ1) is 12.7. The lowest BCUT2D eigenvalue weighted by Gasteiger charge is -2.12. The molecule has 0 aliphatic heterocycles. The van der Waals surface area contributed by atoms with Crippen LogP contribution in [0.3, 0.4) is 0 Å². The molecule has 6 heteroatoms. The second kappa shape index (κ2) is 5.34. The Kier molecular flexibility index (Phi) is 3.39. The largest absolute Gasteiger partial charge is 0.388 e. The predicted octanol–water partition coefficient (Wildman–Crippen LogP) is 1.52. The van der Waals surface area contributed by atoms with Crippen molar-refractivity contribution in [1.82, 2.24) is 24.7 Å². The summed E-state index contributed by atoms with van der Waals surface area (Å²) >= 11 is 0. The van der Waals surface area contributed by atoms with Crippen LogP contribution in [0.4, 0.5) is 0 Å². The van der Waals surface area contributed by atoms with E-state index in [0.717, 1.165) is 29.0 Å². The maximum Gasteiger partial charge on any atom is 0.138 e. The van der Waals surface area contributed by atoms with Crippen LogP contribution in [0.5, 0.6) is 0 Å². The fourth-order valence-corrected chi connectivity index (χ4v) is 2.28. The third-order valence-corrected chi connectivity index (χ3v) is 3.26. The van der Waals surface area contributed by atoms with Gasteiger partial charge in [-0.05, 0) is 13.0 Å². The van der Waals surface area contributed by atoms with E-state index in [4.69, 9.17) is 0 Å². The molecule has 3 aromatic rings. The summed E-state index contributed by atoms with van der Waals surface area (Å²) in [5.74, 6) is 0.765. The molecule has 20 heavy (non-hydrogen) atoms. The molecule has 0 spiro atoms. The van der Waals surface area contributed by atoms with Crippen LogP contribution in [0.15, 0.2) is 36.9 Å². The number of rotatable bonds is 4. The van der Waals surface area contributed by atoms with Crippen LogP contribution in [0.2, 0.25) is 0 Å². The van der Waals surface area contributed by atoms with Gasteiger partial charge in [0.25, 0.3) is 0 Å². The van der Waals surface area contributed by atoms with Gasteiger partial charge in [0, 0.05) is 30.9 Å². The molecule has 1 aromatic carbocycles. The number of aryl methyl sites for hydroxylation is 1. The quantitative estimate of drug-likeness (QED) is 0.777. The average molecular weight is 269 g/mol. The van der Waals surface area contributed by atoms with Gasteiger partial charge in [0.05, 0.1) is 17.1 Å². The summed E-state index contributed by atoms with van der Waals surface area (Å²) in [5.41, 5.74) is 2.27. The molecule has 0 fully saturated rings. The van der Waals surface area contributed by atoms with E-state index in [9.17, 15) is 5.11 Å². The van der Waals surface area contributed by atoms with Crippen LogP contribution in [-0.4, -0.2) is 29.8 Å². The zero-order valence-electron chi connectivity index (χ0n) is 11.1. The van der Waals surface area contributed by atoms with E-state index in [1.54, 1.807) is 17.1 Å². The monoisotopic (exact) mass is 269 g/mol. The summed E-state index contributed by atoms with van der Waals surface area (Å²) < 4.78 is 1.78. The van der Waals surface area contributed by atoms with Crippen molar-refractivity contribution in [2.24, 2.45) is 0 Å². The van der Waals surface area contributed by atoms with E-state index in [2.05, 4.69) is 20.1 Å². The molecule has 0 aliphatic rings. The zero-order chi connectivity index (χ0) is 13.9. The number of aliphatic hydroxyl groups is 1. The second-order valence-electron chi connectivity index (χ2n) is 4.48. The SMILES string of the molecule is CCn1ncnc1CC(O)c1cccc2nccnc12. The third kappa shape index (κ3) is 2.25. The number of nitrogens with zero attached hydrogens (tertiary/aromatic N) is 5.